The van der Waals surface area contributed by atoms with Crippen LogP contribution >= 0.6 is 0 Å². The summed E-state index contributed by atoms with van der Waals surface area (Å²) in [7, 11) is 0. The van der Waals surface area contributed by atoms with Crippen molar-refractivity contribution >= 4 is 5.78 Å². The Morgan fingerprint density at radius 1 is 1.46 bits per heavy atom. The van der Waals surface area contributed by atoms with Gasteiger partial charge in [0.1, 0.15) is 5.82 Å². The maximum atomic E-state index is 13.1. The summed E-state index contributed by atoms with van der Waals surface area (Å²) in [6, 6.07) is 4.37. The molecule has 13 heavy (non-hydrogen) atoms. The second-order valence-corrected chi connectivity index (χ2v) is 2.93. The van der Waals surface area contributed by atoms with E-state index in [1.807, 2.05) is 0 Å². The number of hydrogen-bond acceptors (Lipinski definition) is 2. The van der Waals surface area contributed by atoms with Crippen LogP contribution in [0.1, 0.15) is 15.9 Å². The SMILES string of the molecule is O=C1/C(=C\O)Cc2c(F)cccc21. The Morgan fingerprint density at radius 3 is 2.85 bits per heavy atom. The van der Waals surface area contributed by atoms with E-state index in [0.29, 0.717) is 11.1 Å². The average Bonchev–Trinajstić information content (AvgIpc) is 2.45. The highest BCUT2D eigenvalue weighted by atomic mass is 19.1. The molecule has 0 bridgehead atoms. The first kappa shape index (κ1) is 7.98. The number of fused-ring (bicyclic) bond motifs is 1. The first-order valence-electron chi connectivity index (χ1n) is 3.89. The molecule has 0 fully saturated rings. The van der Waals surface area contributed by atoms with Crippen LogP contribution in [0.25, 0.3) is 0 Å². The molecule has 2 nitrogen and oxygen atoms in total. The Balaban J connectivity index is 2.62. The number of ketones is 1. The Labute approximate surface area is 74.3 Å². The smallest absolute Gasteiger partial charge is 0.192 e. The fourth-order valence-electron chi connectivity index (χ4n) is 1.50. The van der Waals surface area contributed by atoms with Crippen LogP contribution in [0.5, 0.6) is 0 Å². The number of carbonyl (C=O) groups excluding carboxylic acids is 1. The molecule has 0 amide bonds. The standard InChI is InChI=1S/C10H7FO2/c11-9-3-1-2-7-8(9)4-6(5-12)10(7)13/h1-3,5,12H,4H2/b6-5-. The zero-order chi connectivity index (χ0) is 9.42. The summed E-state index contributed by atoms with van der Waals surface area (Å²) in [4.78, 5) is 11.4. The molecule has 0 unspecified atom stereocenters. The maximum absolute atomic E-state index is 13.1. The highest BCUT2D eigenvalue weighted by Gasteiger charge is 2.26. The molecule has 1 aliphatic carbocycles. The number of aliphatic hydroxyl groups is 1. The van der Waals surface area contributed by atoms with Crippen LogP contribution in [0.2, 0.25) is 0 Å². The molecule has 1 aromatic rings. The van der Waals surface area contributed by atoms with Crippen molar-refractivity contribution in [3.8, 4) is 0 Å². The lowest BCUT2D eigenvalue weighted by Gasteiger charge is -1.95. The molecule has 0 saturated heterocycles. The molecule has 0 aromatic heterocycles. The van der Waals surface area contributed by atoms with Gasteiger partial charge in [-0.05, 0) is 6.07 Å². The van der Waals surface area contributed by atoms with Crippen LogP contribution in [0.15, 0.2) is 30.0 Å². The number of allylic oxidation sites excluding steroid dienone is 1. The molecule has 0 heterocycles. The fourth-order valence-corrected chi connectivity index (χ4v) is 1.50. The monoisotopic (exact) mass is 178 g/mol. The van der Waals surface area contributed by atoms with Crippen LogP contribution in [0.4, 0.5) is 4.39 Å². The molecule has 0 spiro atoms. The van der Waals surface area contributed by atoms with E-state index in [-0.39, 0.29) is 23.6 Å². The Kier molecular flexibility index (Phi) is 1.65. The quantitative estimate of drug-likeness (QED) is 0.487. The van der Waals surface area contributed by atoms with Crippen LogP contribution < -0.4 is 0 Å². The van der Waals surface area contributed by atoms with Crippen LogP contribution in [-0.4, -0.2) is 10.9 Å². The molecule has 1 N–H and O–H groups in total. The topological polar surface area (TPSA) is 37.3 Å². The molecule has 0 saturated carbocycles. The Bertz CT molecular complexity index is 407. The molecule has 2 rings (SSSR count). The highest BCUT2D eigenvalue weighted by Crippen LogP contribution is 2.27. The second-order valence-electron chi connectivity index (χ2n) is 2.93. The maximum Gasteiger partial charge on any atom is 0.192 e. The second kappa shape index (κ2) is 2.69. The summed E-state index contributed by atoms with van der Waals surface area (Å²) >= 11 is 0. The first-order valence-corrected chi connectivity index (χ1v) is 3.89. The van der Waals surface area contributed by atoms with E-state index in [0.717, 1.165) is 6.26 Å². The number of benzene rings is 1. The van der Waals surface area contributed by atoms with Crippen molar-refractivity contribution in [3.05, 3.63) is 47.0 Å². The van der Waals surface area contributed by atoms with Gasteiger partial charge in [-0.25, -0.2) is 4.39 Å². The predicted molar refractivity (Wildman–Crippen MR) is 45.1 cm³/mol. The van der Waals surface area contributed by atoms with Crippen LogP contribution in [0.3, 0.4) is 0 Å². The van der Waals surface area contributed by atoms with Crippen molar-refractivity contribution in [2.45, 2.75) is 6.42 Å². The Morgan fingerprint density at radius 2 is 2.23 bits per heavy atom. The van der Waals surface area contributed by atoms with Crippen molar-refractivity contribution in [2.75, 3.05) is 0 Å². The van der Waals surface area contributed by atoms with Gasteiger partial charge in [0.25, 0.3) is 0 Å². The minimum absolute atomic E-state index is 0.192. The van der Waals surface area contributed by atoms with Gasteiger partial charge >= 0.3 is 0 Å². The number of Topliss-reactive ketones (excluding diaryl/α,β-unsaturated/α-hetero) is 1. The van der Waals surface area contributed by atoms with Gasteiger partial charge in [-0.15, -0.1) is 0 Å². The number of aliphatic hydroxyl groups excluding tert-OH is 1. The summed E-state index contributed by atoms with van der Waals surface area (Å²) in [5.74, 6) is -0.667. The van der Waals surface area contributed by atoms with E-state index in [4.69, 9.17) is 5.11 Å². The van der Waals surface area contributed by atoms with Gasteiger partial charge in [0, 0.05) is 23.1 Å². The van der Waals surface area contributed by atoms with E-state index in [1.165, 1.54) is 12.1 Å². The molecular weight excluding hydrogens is 171 g/mol. The van der Waals surface area contributed by atoms with E-state index >= 15 is 0 Å². The van der Waals surface area contributed by atoms with E-state index in [9.17, 15) is 9.18 Å². The van der Waals surface area contributed by atoms with Gasteiger partial charge in [-0.1, -0.05) is 12.1 Å². The molecule has 1 aliphatic rings. The lowest BCUT2D eigenvalue weighted by Crippen LogP contribution is -1.94. The summed E-state index contributed by atoms with van der Waals surface area (Å²) in [6.07, 6.45) is 0.944. The number of rotatable bonds is 0. The third kappa shape index (κ3) is 1.04. The van der Waals surface area contributed by atoms with Crippen molar-refractivity contribution in [3.63, 3.8) is 0 Å². The van der Waals surface area contributed by atoms with Gasteiger partial charge in [-0.2, -0.15) is 0 Å². The van der Waals surface area contributed by atoms with Gasteiger partial charge < -0.3 is 5.11 Å². The van der Waals surface area contributed by atoms with Gasteiger partial charge in [0.05, 0.1) is 6.26 Å². The first-order chi connectivity index (χ1) is 6.24. The predicted octanol–water partition coefficient (Wildman–Crippen LogP) is 2.01. The molecule has 0 atom stereocenters. The molecule has 0 aliphatic heterocycles. The van der Waals surface area contributed by atoms with Crippen molar-refractivity contribution in [1.29, 1.82) is 0 Å². The van der Waals surface area contributed by atoms with Crippen molar-refractivity contribution in [1.82, 2.24) is 0 Å². The molecule has 1 aromatic carbocycles. The van der Waals surface area contributed by atoms with Gasteiger partial charge in [-0.3, -0.25) is 4.79 Å². The van der Waals surface area contributed by atoms with Crippen LogP contribution in [0, 0.1) is 5.82 Å². The minimum Gasteiger partial charge on any atom is -0.515 e. The molecular formula is C10H7FO2. The molecule has 66 valence electrons. The van der Waals surface area contributed by atoms with Gasteiger partial charge in [0.15, 0.2) is 5.78 Å². The summed E-state index contributed by atoms with van der Waals surface area (Å²) in [5.41, 5.74) is 0.994. The summed E-state index contributed by atoms with van der Waals surface area (Å²) in [5, 5.41) is 8.69. The summed E-state index contributed by atoms with van der Waals surface area (Å²) in [6.45, 7) is 0. The average molecular weight is 178 g/mol. The molecule has 3 heteroatoms. The van der Waals surface area contributed by atoms with Crippen LogP contribution in [-0.2, 0) is 6.42 Å². The minimum atomic E-state index is -0.386. The third-order valence-electron chi connectivity index (χ3n) is 2.18. The largest absolute Gasteiger partial charge is 0.515 e. The molecule has 0 radical (unpaired) electrons. The van der Waals surface area contributed by atoms with Crippen molar-refractivity contribution < 1.29 is 14.3 Å². The van der Waals surface area contributed by atoms with Gasteiger partial charge in [0.2, 0.25) is 0 Å². The fraction of sp³-hybridized carbons (Fsp3) is 0.100. The lowest BCUT2D eigenvalue weighted by atomic mass is 10.1. The lowest BCUT2D eigenvalue weighted by molar-refractivity contribution is 0.103. The zero-order valence-electron chi connectivity index (χ0n) is 6.75. The highest BCUT2D eigenvalue weighted by molar-refractivity contribution is 6.12. The Hall–Kier alpha value is -1.64. The van der Waals surface area contributed by atoms with E-state index in [1.54, 1.807) is 6.07 Å². The zero-order valence-corrected chi connectivity index (χ0v) is 6.75. The van der Waals surface area contributed by atoms with Crippen molar-refractivity contribution in [2.24, 2.45) is 0 Å². The van der Waals surface area contributed by atoms with E-state index < -0.39 is 0 Å². The number of hydrogen-bond donors (Lipinski definition) is 1. The van der Waals surface area contributed by atoms with E-state index in [2.05, 4.69) is 0 Å². The number of carbonyl (C=O) groups is 1. The number of halogens is 1. The summed E-state index contributed by atoms with van der Waals surface area (Å²) < 4.78 is 13.1. The normalized spacial score (nSPS) is 17.9. The third-order valence-corrected chi connectivity index (χ3v) is 2.18.